The van der Waals surface area contributed by atoms with Crippen LogP contribution in [0, 0.1) is 17.6 Å². The number of hydrogen-bond acceptors (Lipinski definition) is 4. The number of Topliss-reactive ketones (excluding diaryl/α,β-unsaturated/α-hetero) is 1. The largest absolute Gasteiger partial charge is 1.00 e. The minimum absolute atomic E-state index is 0. The number of carbonyl (C=O) groups is 2. The maximum absolute atomic E-state index is 13.9. The molecule has 37 heavy (non-hydrogen) atoms. The Labute approximate surface area is 233 Å². The van der Waals surface area contributed by atoms with Crippen molar-refractivity contribution >= 4 is 34.8 Å². The lowest BCUT2D eigenvalue weighted by Crippen LogP contribution is -3.00. The van der Waals surface area contributed by atoms with Crippen LogP contribution in [-0.4, -0.2) is 48.6 Å². The summed E-state index contributed by atoms with van der Waals surface area (Å²) in [6.07, 6.45) is 0.189. The van der Waals surface area contributed by atoms with Crippen LogP contribution in [0.25, 0.3) is 0 Å². The second-order valence-corrected chi connectivity index (χ2v) is 11.4. The van der Waals surface area contributed by atoms with Gasteiger partial charge in [0.15, 0.2) is 6.10 Å². The molecule has 0 spiro atoms. The number of carbonyl (C=O) groups excluding carboxylic acids is 2. The van der Waals surface area contributed by atoms with Crippen molar-refractivity contribution in [3.63, 3.8) is 0 Å². The number of piperidine rings is 3. The van der Waals surface area contributed by atoms with Gasteiger partial charge >= 0.3 is 6.09 Å². The Hall–Kier alpha value is -2.33. The highest BCUT2D eigenvalue weighted by Gasteiger charge is 2.47. The van der Waals surface area contributed by atoms with Crippen LogP contribution in [0.2, 0.25) is 4.34 Å². The van der Waals surface area contributed by atoms with Gasteiger partial charge in [-0.15, -0.1) is 11.3 Å². The normalized spacial score (nSPS) is 22.4. The molecular weight excluding hydrogens is 586 g/mol. The maximum atomic E-state index is 13.9. The second kappa shape index (κ2) is 11.6. The van der Waals surface area contributed by atoms with Crippen molar-refractivity contribution in [1.82, 2.24) is 5.32 Å². The zero-order valence-corrected chi connectivity index (χ0v) is 23.0. The van der Waals surface area contributed by atoms with E-state index in [1.807, 2.05) is 0 Å². The van der Waals surface area contributed by atoms with Crippen LogP contribution in [0.5, 0.6) is 0 Å². The van der Waals surface area contributed by atoms with Crippen LogP contribution < -0.4 is 22.3 Å². The number of benzene rings is 2. The van der Waals surface area contributed by atoms with E-state index in [0.29, 0.717) is 43.8 Å². The number of nitrogens with one attached hydrogen (secondary N) is 1. The Balaban J connectivity index is 0.00000320. The zero-order chi connectivity index (χ0) is 25.3. The van der Waals surface area contributed by atoms with E-state index in [0.717, 1.165) is 25.9 Å². The lowest BCUT2D eigenvalue weighted by atomic mass is 9.81. The summed E-state index contributed by atoms with van der Waals surface area (Å²) in [5.41, 5.74) is 0.821. The fourth-order valence-corrected chi connectivity index (χ4v) is 6.45. The third-order valence-electron chi connectivity index (χ3n) is 7.26. The number of hydrogen-bond donors (Lipinski definition) is 1. The van der Waals surface area contributed by atoms with E-state index in [-0.39, 0.29) is 28.8 Å². The number of alkyl carbamates (subject to hydrolysis) is 1. The Bertz CT molecular complexity index is 1240. The fourth-order valence-electron chi connectivity index (χ4n) is 5.48. The monoisotopic (exact) mass is 610 g/mol. The Morgan fingerprint density at radius 1 is 1.03 bits per heavy atom. The van der Waals surface area contributed by atoms with Gasteiger partial charge in [-0.1, -0.05) is 35.9 Å². The van der Waals surface area contributed by atoms with E-state index in [2.05, 4.69) is 5.32 Å². The molecule has 1 N–H and O–H groups in total. The minimum Gasteiger partial charge on any atom is -1.00 e. The van der Waals surface area contributed by atoms with E-state index >= 15 is 0 Å². The van der Waals surface area contributed by atoms with Gasteiger partial charge in [-0.05, 0) is 53.4 Å². The number of halogens is 4. The van der Waals surface area contributed by atoms with Gasteiger partial charge in [-0.3, -0.25) is 4.79 Å². The van der Waals surface area contributed by atoms with Gasteiger partial charge in [0.2, 0.25) is 5.78 Å². The predicted molar refractivity (Wildman–Crippen MR) is 134 cm³/mol. The van der Waals surface area contributed by atoms with Gasteiger partial charge in [-0.2, -0.15) is 0 Å². The molecule has 1 unspecified atom stereocenters. The molecule has 0 aliphatic carbocycles. The van der Waals surface area contributed by atoms with Gasteiger partial charge in [0.05, 0.1) is 34.9 Å². The van der Waals surface area contributed by atoms with Crippen LogP contribution >= 0.6 is 22.9 Å². The molecule has 3 aromatic rings. The standard InChI is InChI=1S/C27H25ClF2N2O3S.BrH/c28-25-8-7-24(36-25)23(33)16-32-11-9-17(10-12-32)22(15-32)31-27(34)35-26(18-3-1-5-20(29)13-18)19-4-2-6-21(30)14-19;/h1-8,13-14,17,22,26H,9-12,15-16H2;1H. The molecule has 2 bridgehead atoms. The van der Waals surface area contributed by atoms with Crippen LogP contribution in [-0.2, 0) is 4.74 Å². The number of amides is 1. The molecule has 5 nitrogen and oxygen atoms in total. The summed E-state index contributed by atoms with van der Waals surface area (Å²) >= 11 is 7.29. The summed E-state index contributed by atoms with van der Waals surface area (Å²) in [6.45, 7) is 2.77. The average Bonchev–Trinajstić information content (AvgIpc) is 3.29. The summed E-state index contributed by atoms with van der Waals surface area (Å²) in [4.78, 5) is 26.6. The SMILES string of the molecule is O=C(NC1C[N+]2(CC(=O)c3ccc(Cl)s3)CCC1CC2)OC(c1cccc(F)c1)c1cccc(F)c1.[Br-]. The predicted octanol–water partition coefficient (Wildman–Crippen LogP) is 2.99. The van der Waals surface area contributed by atoms with Gasteiger partial charge in [0.1, 0.15) is 18.2 Å². The molecule has 3 saturated heterocycles. The summed E-state index contributed by atoms with van der Waals surface area (Å²) < 4.78 is 34.8. The van der Waals surface area contributed by atoms with E-state index in [1.54, 1.807) is 24.3 Å². The van der Waals surface area contributed by atoms with Crippen LogP contribution in [0.15, 0.2) is 60.7 Å². The Kier molecular flexibility index (Phi) is 8.68. The number of thiophene rings is 1. The Morgan fingerprint density at radius 2 is 1.65 bits per heavy atom. The number of fused-ring (bicyclic) bond motifs is 3. The third-order valence-corrected chi connectivity index (χ3v) is 8.53. The number of nitrogens with zero attached hydrogens (tertiary/aromatic N) is 1. The molecule has 3 aliphatic rings. The van der Waals surface area contributed by atoms with Gasteiger partial charge < -0.3 is 31.5 Å². The van der Waals surface area contributed by atoms with Crippen molar-refractivity contribution in [2.45, 2.75) is 25.0 Å². The lowest BCUT2D eigenvalue weighted by Gasteiger charge is -2.52. The summed E-state index contributed by atoms with van der Waals surface area (Å²) in [7, 11) is 0. The van der Waals surface area contributed by atoms with Gasteiger partial charge in [-0.25, -0.2) is 13.6 Å². The Morgan fingerprint density at radius 3 is 2.19 bits per heavy atom. The van der Waals surface area contributed by atoms with Crippen molar-refractivity contribution < 1.29 is 44.6 Å². The third kappa shape index (κ3) is 6.39. The molecule has 1 amide bonds. The molecular formula is C27H26BrClF2N2O3S. The highest BCUT2D eigenvalue weighted by Crippen LogP contribution is 2.35. The first-order valence-electron chi connectivity index (χ1n) is 11.9. The van der Waals surface area contributed by atoms with Crippen molar-refractivity contribution in [2.75, 3.05) is 26.2 Å². The number of ketones is 1. The van der Waals surface area contributed by atoms with Crippen molar-refractivity contribution in [3.8, 4) is 0 Å². The van der Waals surface area contributed by atoms with Crippen LogP contribution in [0.3, 0.4) is 0 Å². The molecule has 3 fully saturated rings. The smallest absolute Gasteiger partial charge is 0.408 e. The molecule has 1 aromatic heterocycles. The molecule has 10 heteroatoms. The van der Waals surface area contributed by atoms with Crippen LogP contribution in [0.4, 0.5) is 13.6 Å². The van der Waals surface area contributed by atoms with Crippen molar-refractivity contribution in [3.05, 3.63) is 92.6 Å². The molecule has 196 valence electrons. The quantitative estimate of drug-likeness (QED) is 0.330. The first kappa shape index (κ1) is 27.7. The molecule has 6 rings (SSSR count). The van der Waals surface area contributed by atoms with Crippen molar-refractivity contribution in [1.29, 1.82) is 0 Å². The van der Waals surface area contributed by atoms with E-state index in [9.17, 15) is 18.4 Å². The number of quaternary nitrogens is 1. The van der Waals surface area contributed by atoms with E-state index in [1.165, 1.54) is 47.7 Å². The molecule has 1 atom stereocenters. The first-order valence-corrected chi connectivity index (χ1v) is 13.1. The molecule has 3 aliphatic heterocycles. The van der Waals surface area contributed by atoms with Crippen LogP contribution in [0.1, 0.15) is 39.7 Å². The first-order chi connectivity index (χ1) is 17.3. The summed E-state index contributed by atoms with van der Waals surface area (Å²) in [6, 6.07) is 14.8. The van der Waals surface area contributed by atoms with Gasteiger partial charge in [0, 0.05) is 12.8 Å². The highest BCUT2D eigenvalue weighted by molar-refractivity contribution is 7.18. The summed E-state index contributed by atoms with van der Waals surface area (Å²) in [5.74, 6) is -0.589. The van der Waals surface area contributed by atoms with Crippen molar-refractivity contribution in [2.24, 2.45) is 5.92 Å². The highest BCUT2D eigenvalue weighted by atomic mass is 79.9. The number of ether oxygens (including phenoxy) is 1. The maximum Gasteiger partial charge on any atom is 0.408 e. The average molecular weight is 612 g/mol. The van der Waals surface area contributed by atoms with Gasteiger partial charge in [0.25, 0.3) is 0 Å². The van der Waals surface area contributed by atoms with E-state index < -0.39 is 23.8 Å². The summed E-state index contributed by atoms with van der Waals surface area (Å²) in [5, 5.41) is 3.00. The fraction of sp³-hybridized carbons (Fsp3) is 0.333. The zero-order valence-electron chi connectivity index (χ0n) is 19.8. The van der Waals surface area contributed by atoms with E-state index in [4.69, 9.17) is 16.3 Å². The second-order valence-electron chi connectivity index (χ2n) is 9.64. The molecule has 4 heterocycles. The molecule has 0 radical (unpaired) electrons. The minimum atomic E-state index is -0.967. The molecule has 2 aromatic carbocycles. The topological polar surface area (TPSA) is 55.4 Å². The molecule has 0 saturated carbocycles. The number of rotatable bonds is 7. The lowest BCUT2D eigenvalue weighted by molar-refractivity contribution is -0.936.